The molecule has 162 valence electrons. The number of non-ortho nitro benzene ring substituents is 1. The summed E-state index contributed by atoms with van der Waals surface area (Å²) in [7, 11) is 0. The van der Waals surface area contributed by atoms with Gasteiger partial charge in [-0.15, -0.1) is 0 Å². The van der Waals surface area contributed by atoms with Gasteiger partial charge in [-0.05, 0) is 76.8 Å². The predicted molar refractivity (Wildman–Crippen MR) is 127 cm³/mol. The fourth-order valence-electron chi connectivity index (χ4n) is 3.02. The van der Waals surface area contributed by atoms with Crippen molar-refractivity contribution in [2.24, 2.45) is 0 Å². The van der Waals surface area contributed by atoms with Crippen LogP contribution in [0, 0.1) is 28.4 Å². The molecule has 7 heteroatoms. The predicted octanol–water partition coefficient (Wildman–Crippen LogP) is 6.71. The minimum absolute atomic E-state index is 0.0305. The van der Waals surface area contributed by atoms with E-state index >= 15 is 0 Å². The van der Waals surface area contributed by atoms with E-state index in [4.69, 9.17) is 9.47 Å². The van der Waals surface area contributed by atoms with E-state index < -0.39 is 4.92 Å². The maximum Gasteiger partial charge on any atom is 0.269 e. The van der Waals surface area contributed by atoms with Gasteiger partial charge in [0.25, 0.3) is 5.69 Å². The van der Waals surface area contributed by atoms with E-state index in [2.05, 4.69) is 22.0 Å². The topological polar surface area (TPSA) is 85.4 Å². The van der Waals surface area contributed by atoms with Gasteiger partial charge in [-0.2, -0.15) is 5.26 Å². The van der Waals surface area contributed by atoms with Crippen LogP contribution in [0.25, 0.3) is 11.6 Å². The minimum Gasteiger partial charge on any atom is -0.490 e. The Balaban J connectivity index is 1.87. The number of nitriles is 1. The molecule has 3 aromatic carbocycles. The smallest absolute Gasteiger partial charge is 0.269 e. The highest BCUT2D eigenvalue weighted by molar-refractivity contribution is 9.10. The number of aryl methyl sites for hydroxylation is 1. The van der Waals surface area contributed by atoms with Crippen LogP contribution in [0.5, 0.6) is 11.5 Å². The van der Waals surface area contributed by atoms with E-state index in [-0.39, 0.29) is 12.3 Å². The second-order valence-corrected chi connectivity index (χ2v) is 7.87. The normalized spacial score (nSPS) is 11.0. The Morgan fingerprint density at radius 1 is 1.12 bits per heavy atom. The van der Waals surface area contributed by atoms with Crippen molar-refractivity contribution in [3.05, 3.63) is 97.5 Å². The Morgan fingerprint density at radius 3 is 2.41 bits per heavy atom. The molecule has 0 unspecified atom stereocenters. The zero-order chi connectivity index (χ0) is 23.1. The summed E-state index contributed by atoms with van der Waals surface area (Å²) in [5.41, 5.74) is 4.12. The molecule has 0 aliphatic carbocycles. The number of nitrogens with zero attached hydrogens (tertiary/aromatic N) is 2. The molecule has 0 radical (unpaired) electrons. The average Bonchev–Trinajstić information content (AvgIpc) is 2.78. The van der Waals surface area contributed by atoms with Crippen molar-refractivity contribution in [1.29, 1.82) is 5.26 Å². The van der Waals surface area contributed by atoms with Crippen LogP contribution in [0.15, 0.2) is 65.1 Å². The number of nitro benzene ring substituents is 1. The first kappa shape index (κ1) is 23.0. The molecule has 0 aliphatic rings. The number of halogens is 1. The van der Waals surface area contributed by atoms with Crippen molar-refractivity contribution in [3.63, 3.8) is 0 Å². The van der Waals surface area contributed by atoms with E-state index in [0.29, 0.717) is 28.2 Å². The summed E-state index contributed by atoms with van der Waals surface area (Å²) in [6.45, 7) is 4.54. The van der Waals surface area contributed by atoms with Crippen LogP contribution in [0.3, 0.4) is 0 Å². The van der Waals surface area contributed by atoms with Gasteiger partial charge in [-0.1, -0.05) is 29.8 Å². The molecule has 0 saturated heterocycles. The summed E-state index contributed by atoms with van der Waals surface area (Å²) in [5.74, 6) is 1.06. The number of benzene rings is 3. The molecule has 32 heavy (non-hydrogen) atoms. The molecular weight excluding hydrogens is 472 g/mol. The highest BCUT2D eigenvalue weighted by Gasteiger charge is 2.13. The van der Waals surface area contributed by atoms with Crippen LogP contribution in [0.1, 0.15) is 29.2 Å². The number of allylic oxidation sites excluding steroid dienone is 1. The highest BCUT2D eigenvalue weighted by Crippen LogP contribution is 2.38. The lowest BCUT2D eigenvalue weighted by Gasteiger charge is -2.15. The van der Waals surface area contributed by atoms with Crippen LogP contribution in [0.2, 0.25) is 0 Å². The number of hydrogen-bond donors (Lipinski definition) is 0. The van der Waals surface area contributed by atoms with Gasteiger partial charge in [0.15, 0.2) is 11.5 Å². The monoisotopic (exact) mass is 492 g/mol. The number of hydrogen-bond acceptors (Lipinski definition) is 5. The molecule has 0 bridgehead atoms. The molecule has 0 atom stereocenters. The zero-order valence-electron chi connectivity index (χ0n) is 17.7. The summed E-state index contributed by atoms with van der Waals surface area (Å²) in [5, 5.41) is 20.5. The quantitative estimate of drug-likeness (QED) is 0.151. The van der Waals surface area contributed by atoms with Gasteiger partial charge in [-0.3, -0.25) is 10.1 Å². The standard InChI is InChI=1S/C25H21BrN2O4/c1-3-31-24-14-19(12-21(15-27)20-8-4-17(2)5-9-20)13-23(26)25(24)32-16-18-6-10-22(11-7-18)28(29)30/h4-14H,3,16H2,1-2H3. The van der Waals surface area contributed by atoms with Crippen LogP contribution in [-0.2, 0) is 6.61 Å². The maximum absolute atomic E-state index is 10.8. The van der Waals surface area contributed by atoms with E-state index in [1.165, 1.54) is 12.1 Å². The highest BCUT2D eigenvalue weighted by atomic mass is 79.9. The lowest BCUT2D eigenvalue weighted by molar-refractivity contribution is -0.384. The van der Waals surface area contributed by atoms with E-state index in [9.17, 15) is 15.4 Å². The van der Waals surface area contributed by atoms with Gasteiger partial charge in [0.05, 0.1) is 27.6 Å². The van der Waals surface area contributed by atoms with Crippen molar-refractivity contribution in [1.82, 2.24) is 0 Å². The lowest BCUT2D eigenvalue weighted by atomic mass is 10.0. The van der Waals surface area contributed by atoms with Gasteiger partial charge < -0.3 is 9.47 Å². The van der Waals surface area contributed by atoms with Crippen LogP contribution < -0.4 is 9.47 Å². The van der Waals surface area contributed by atoms with Gasteiger partial charge in [0.1, 0.15) is 6.61 Å². The van der Waals surface area contributed by atoms with Crippen molar-refractivity contribution < 1.29 is 14.4 Å². The van der Waals surface area contributed by atoms with E-state index in [1.807, 2.05) is 50.2 Å². The molecule has 0 saturated carbocycles. The first-order valence-electron chi connectivity index (χ1n) is 9.92. The van der Waals surface area contributed by atoms with Crippen molar-refractivity contribution in [2.45, 2.75) is 20.5 Å². The van der Waals surface area contributed by atoms with Gasteiger partial charge in [-0.25, -0.2) is 0 Å². The molecule has 0 heterocycles. The van der Waals surface area contributed by atoms with Gasteiger partial charge in [0.2, 0.25) is 0 Å². The molecule has 3 aromatic rings. The third-order valence-corrected chi connectivity index (χ3v) is 5.25. The first-order chi connectivity index (χ1) is 15.4. The number of nitro groups is 1. The minimum atomic E-state index is -0.438. The maximum atomic E-state index is 10.8. The Hall–Kier alpha value is -3.63. The number of ether oxygens (including phenoxy) is 2. The second-order valence-electron chi connectivity index (χ2n) is 7.01. The van der Waals surface area contributed by atoms with E-state index in [0.717, 1.165) is 22.3 Å². The molecule has 6 nitrogen and oxygen atoms in total. The average molecular weight is 493 g/mol. The molecule has 0 N–H and O–H groups in total. The molecule has 0 aromatic heterocycles. The van der Waals surface area contributed by atoms with Crippen molar-refractivity contribution in [3.8, 4) is 17.6 Å². The SMILES string of the molecule is CCOc1cc(C=C(C#N)c2ccc(C)cc2)cc(Br)c1OCc1ccc([N+](=O)[O-])cc1. The Labute approximate surface area is 195 Å². The molecular formula is C25H21BrN2O4. The Kier molecular flexibility index (Phi) is 7.63. The summed E-state index contributed by atoms with van der Waals surface area (Å²) in [4.78, 5) is 10.4. The van der Waals surface area contributed by atoms with Crippen molar-refractivity contribution in [2.75, 3.05) is 6.61 Å². The van der Waals surface area contributed by atoms with Gasteiger partial charge in [0, 0.05) is 12.1 Å². The van der Waals surface area contributed by atoms with E-state index in [1.54, 1.807) is 18.2 Å². The Morgan fingerprint density at radius 2 is 1.81 bits per heavy atom. The fraction of sp³-hybridized carbons (Fsp3) is 0.160. The van der Waals surface area contributed by atoms with Gasteiger partial charge >= 0.3 is 0 Å². The molecule has 3 rings (SSSR count). The summed E-state index contributed by atoms with van der Waals surface area (Å²) in [6, 6.07) is 19.9. The Bertz CT molecular complexity index is 1180. The number of rotatable bonds is 8. The summed E-state index contributed by atoms with van der Waals surface area (Å²) >= 11 is 3.54. The zero-order valence-corrected chi connectivity index (χ0v) is 19.3. The fourth-order valence-corrected chi connectivity index (χ4v) is 3.60. The lowest BCUT2D eigenvalue weighted by Crippen LogP contribution is -2.01. The first-order valence-corrected chi connectivity index (χ1v) is 10.7. The van der Waals surface area contributed by atoms with Crippen LogP contribution in [-0.4, -0.2) is 11.5 Å². The molecule has 0 spiro atoms. The van der Waals surface area contributed by atoms with Crippen LogP contribution >= 0.6 is 15.9 Å². The molecule has 0 aliphatic heterocycles. The molecule has 0 amide bonds. The van der Waals surface area contributed by atoms with Crippen LogP contribution in [0.4, 0.5) is 5.69 Å². The summed E-state index contributed by atoms with van der Waals surface area (Å²) < 4.78 is 12.4. The largest absolute Gasteiger partial charge is 0.490 e. The summed E-state index contributed by atoms with van der Waals surface area (Å²) in [6.07, 6.45) is 1.80. The van der Waals surface area contributed by atoms with Crippen molar-refractivity contribution >= 4 is 33.3 Å². The molecule has 0 fully saturated rings. The second kappa shape index (κ2) is 10.6. The third kappa shape index (κ3) is 5.74. The third-order valence-electron chi connectivity index (χ3n) is 4.66.